The van der Waals surface area contributed by atoms with Crippen LogP contribution in [0.25, 0.3) is 22.3 Å². The molecule has 0 atom stereocenters. The highest BCUT2D eigenvalue weighted by atomic mass is 16.5. The first kappa shape index (κ1) is 25.9. The molecule has 0 unspecified atom stereocenters. The Bertz CT molecular complexity index is 1400. The van der Waals surface area contributed by atoms with Gasteiger partial charge in [-0.3, -0.25) is 0 Å². The van der Waals surface area contributed by atoms with Crippen molar-refractivity contribution in [2.75, 3.05) is 0 Å². The molecule has 1 heterocycles. The lowest BCUT2D eigenvalue weighted by molar-refractivity contribution is 0.418. The summed E-state index contributed by atoms with van der Waals surface area (Å²) in [5, 5.41) is 19.9. The van der Waals surface area contributed by atoms with E-state index in [4.69, 9.17) is 4.74 Å². The van der Waals surface area contributed by atoms with E-state index < -0.39 is 0 Å². The smallest absolute Gasteiger partial charge is 0.139 e. The largest absolute Gasteiger partial charge is 0.508 e. The number of hydrogen-bond donors (Lipinski definition) is 2. The van der Waals surface area contributed by atoms with Crippen LogP contribution in [-0.4, -0.2) is 10.2 Å². The predicted molar refractivity (Wildman–Crippen MR) is 157 cm³/mol. The molecule has 0 saturated heterocycles. The Morgan fingerprint density at radius 2 is 0.895 bits per heavy atom. The molecule has 5 rings (SSSR count). The lowest BCUT2D eigenvalue weighted by atomic mass is 9.70. The van der Waals surface area contributed by atoms with E-state index in [2.05, 4.69) is 79.7 Å². The quantitative estimate of drug-likeness (QED) is 0.285. The van der Waals surface area contributed by atoms with Crippen LogP contribution in [0.1, 0.15) is 77.6 Å². The summed E-state index contributed by atoms with van der Waals surface area (Å²) in [5.41, 5.74) is 8.39. The second kappa shape index (κ2) is 8.66. The minimum absolute atomic E-state index is 0.0541. The summed E-state index contributed by atoms with van der Waals surface area (Å²) < 4.78 is 6.95. The Kier molecular flexibility index (Phi) is 5.90. The van der Waals surface area contributed by atoms with E-state index >= 15 is 0 Å². The topological polar surface area (TPSA) is 49.7 Å². The molecule has 0 radical (unpaired) electrons. The van der Waals surface area contributed by atoms with Gasteiger partial charge >= 0.3 is 0 Å². The van der Waals surface area contributed by atoms with E-state index in [9.17, 15) is 10.2 Å². The van der Waals surface area contributed by atoms with Crippen molar-refractivity contribution in [2.45, 2.75) is 71.6 Å². The summed E-state index contributed by atoms with van der Waals surface area (Å²) in [6, 6.07) is 23.8. The van der Waals surface area contributed by atoms with Crippen LogP contribution in [0.15, 0.2) is 72.8 Å². The normalized spacial score (nSPS) is 14.4. The molecule has 0 fully saturated rings. The summed E-state index contributed by atoms with van der Waals surface area (Å²) in [6.07, 6.45) is 0. The van der Waals surface area contributed by atoms with Crippen LogP contribution in [0, 0.1) is 0 Å². The van der Waals surface area contributed by atoms with E-state index in [0.717, 1.165) is 44.9 Å². The van der Waals surface area contributed by atoms with E-state index in [1.54, 1.807) is 24.3 Å². The van der Waals surface area contributed by atoms with Crippen molar-refractivity contribution >= 4 is 0 Å². The van der Waals surface area contributed by atoms with Crippen LogP contribution in [0.3, 0.4) is 0 Å². The number of rotatable bonds is 2. The molecule has 3 heteroatoms. The molecule has 196 valence electrons. The van der Waals surface area contributed by atoms with Crippen molar-refractivity contribution in [3.63, 3.8) is 0 Å². The Morgan fingerprint density at radius 1 is 0.553 bits per heavy atom. The van der Waals surface area contributed by atoms with Crippen LogP contribution in [0.5, 0.6) is 23.0 Å². The molecule has 4 aromatic carbocycles. The number of phenols is 2. The number of hydrogen-bond acceptors (Lipinski definition) is 3. The molecule has 3 nitrogen and oxygen atoms in total. The lowest BCUT2D eigenvalue weighted by Crippen LogP contribution is -2.27. The monoisotopic (exact) mass is 506 g/mol. The number of phenolic OH excluding ortho intramolecular Hbond substituents is 2. The van der Waals surface area contributed by atoms with Gasteiger partial charge in [-0.25, -0.2) is 0 Å². The van der Waals surface area contributed by atoms with Gasteiger partial charge in [-0.1, -0.05) is 91.8 Å². The zero-order valence-corrected chi connectivity index (χ0v) is 23.7. The molecule has 0 aromatic heterocycles. The maximum Gasteiger partial charge on any atom is 0.139 e. The zero-order chi connectivity index (χ0) is 27.6. The van der Waals surface area contributed by atoms with E-state index in [1.165, 1.54) is 11.1 Å². The SMILES string of the molecule is CC(C)(C)c1cc(-c2ccc(O)cc2)c2c(c1)C(C)(C)c1cc(C(C)(C)C)cc(-c3ccc(O)cc3)c1O2. The minimum atomic E-state index is -0.331. The Morgan fingerprint density at radius 3 is 1.21 bits per heavy atom. The molecule has 1 aliphatic heterocycles. The third-order valence-corrected chi connectivity index (χ3v) is 7.82. The highest BCUT2D eigenvalue weighted by Crippen LogP contribution is 2.56. The van der Waals surface area contributed by atoms with Crippen LogP contribution in [0.4, 0.5) is 0 Å². The average molecular weight is 507 g/mol. The fourth-order valence-electron chi connectivity index (χ4n) is 5.23. The highest BCUT2D eigenvalue weighted by molar-refractivity contribution is 5.82. The van der Waals surface area contributed by atoms with Gasteiger partial charge in [0.2, 0.25) is 0 Å². The number of aromatic hydroxyl groups is 2. The number of ether oxygens (including phenoxy) is 1. The Hall–Kier alpha value is -3.72. The summed E-state index contributed by atoms with van der Waals surface area (Å²) in [7, 11) is 0. The van der Waals surface area contributed by atoms with E-state index in [1.807, 2.05) is 24.3 Å². The maximum absolute atomic E-state index is 9.96. The first-order valence-electron chi connectivity index (χ1n) is 13.3. The van der Waals surface area contributed by atoms with Crippen molar-refractivity contribution in [3.8, 4) is 45.3 Å². The van der Waals surface area contributed by atoms with E-state index in [0.29, 0.717) is 0 Å². The molecule has 0 amide bonds. The Balaban J connectivity index is 1.84. The molecule has 0 bridgehead atoms. The standard InChI is InChI=1S/C35H38O3/c1-33(2,3)23-17-27(21-9-13-25(36)14-10-21)31-29(19-23)35(7,8)30-20-24(34(4,5)6)18-28(32(30)38-31)22-11-15-26(37)16-12-22/h9-20,36-37H,1-8H3. The fourth-order valence-corrected chi connectivity index (χ4v) is 5.23. The molecule has 0 spiro atoms. The molecule has 4 aromatic rings. The minimum Gasteiger partial charge on any atom is -0.508 e. The van der Waals surface area contributed by atoms with Crippen LogP contribution >= 0.6 is 0 Å². The summed E-state index contributed by atoms with van der Waals surface area (Å²) in [6.45, 7) is 18.0. The van der Waals surface area contributed by atoms with Crippen molar-refractivity contribution in [1.82, 2.24) is 0 Å². The molecule has 1 aliphatic rings. The first-order valence-corrected chi connectivity index (χ1v) is 13.3. The van der Waals surface area contributed by atoms with Gasteiger partial charge in [0.25, 0.3) is 0 Å². The van der Waals surface area contributed by atoms with Crippen LogP contribution in [0.2, 0.25) is 0 Å². The van der Waals surface area contributed by atoms with Gasteiger partial charge in [-0.15, -0.1) is 0 Å². The van der Waals surface area contributed by atoms with Gasteiger partial charge in [0.1, 0.15) is 23.0 Å². The van der Waals surface area contributed by atoms with Crippen molar-refractivity contribution < 1.29 is 14.9 Å². The third-order valence-electron chi connectivity index (χ3n) is 7.82. The van der Waals surface area contributed by atoms with E-state index in [-0.39, 0.29) is 27.7 Å². The third kappa shape index (κ3) is 4.45. The molecular formula is C35H38O3. The predicted octanol–water partition coefficient (Wildman–Crippen LogP) is 9.46. The lowest BCUT2D eigenvalue weighted by Gasteiger charge is -2.39. The summed E-state index contributed by atoms with van der Waals surface area (Å²) in [4.78, 5) is 0. The second-order valence-electron chi connectivity index (χ2n) is 13.1. The maximum atomic E-state index is 9.96. The van der Waals surface area contributed by atoms with Crippen molar-refractivity contribution in [2.24, 2.45) is 0 Å². The van der Waals surface area contributed by atoms with Gasteiger partial charge in [0, 0.05) is 27.7 Å². The van der Waals surface area contributed by atoms with Gasteiger partial charge in [0.05, 0.1) is 0 Å². The summed E-state index contributed by atoms with van der Waals surface area (Å²) >= 11 is 0. The highest BCUT2D eigenvalue weighted by Gasteiger charge is 2.39. The Labute approximate surface area is 226 Å². The van der Waals surface area contributed by atoms with Crippen LogP contribution in [-0.2, 0) is 16.2 Å². The molecule has 0 aliphatic carbocycles. The first-order chi connectivity index (χ1) is 17.7. The van der Waals surface area contributed by atoms with Crippen molar-refractivity contribution in [3.05, 3.63) is 95.1 Å². The summed E-state index contributed by atoms with van der Waals surface area (Å²) in [5.74, 6) is 2.19. The van der Waals surface area contributed by atoms with Crippen molar-refractivity contribution in [1.29, 1.82) is 0 Å². The number of benzene rings is 4. The molecule has 0 saturated carbocycles. The second-order valence-corrected chi connectivity index (χ2v) is 13.1. The molecule has 2 N–H and O–H groups in total. The van der Waals surface area contributed by atoms with Crippen LogP contribution < -0.4 is 4.74 Å². The average Bonchev–Trinajstić information content (AvgIpc) is 2.83. The molecular weight excluding hydrogens is 468 g/mol. The molecule has 38 heavy (non-hydrogen) atoms. The zero-order valence-electron chi connectivity index (χ0n) is 23.7. The van der Waals surface area contributed by atoms with Gasteiger partial charge in [-0.05, 0) is 69.5 Å². The number of fused-ring (bicyclic) bond motifs is 2. The van der Waals surface area contributed by atoms with Gasteiger partial charge in [-0.2, -0.15) is 0 Å². The van der Waals surface area contributed by atoms with Gasteiger partial charge in [0.15, 0.2) is 0 Å². The fraction of sp³-hybridized carbons (Fsp3) is 0.314. The van der Waals surface area contributed by atoms with Gasteiger partial charge < -0.3 is 14.9 Å².